The van der Waals surface area contributed by atoms with Gasteiger partial charge in [-0.15, -0.1) is 0 Å². The molecule has 1 amide bonds. The van der Waals surface area contributed by atoms with E-state index in [1.165, 1.54) is 10.9 Å². The third-order valence-corrected chi connectivity index (χ3v) is 5.17. The highest BCUT2D eigenvalue weighted by Crippen LogP contribution is 2.25. The van der Waals surface area contributed by atoms with Crippen molar-refractivity contribution >= 4 is 34.6 Å². The molecule has 1 aliphatic carbocycles. The zero-order valence-electron chi connectivity index (χ0n) is 18.1. The number of carbonyl (C=O) groups is 1. The zero-order valence-corrected chi connectivity index (χ0v) is 18.1. The summed E-state index contributed by atoms with van der Waals surface area (Å²) in [6.45, 7) is 4.11. The van der Waals surface area contributed by atoms with E-state index in [1.54, 1.807) is 13.4 Å². The predicted octanol–water partition coefficient (Wildman–Crippen LogP) is 3.17. The highest BCUT2D eigenvalue weighted by Gasteiger charge is 2.25. The first-order chi connectivity index (χ1) is 15.5. The van der Waals surface area contributed by atoms with E-state index in [4.69, 9.17) is 0 Å². The lowest BCUT2D eigenvalue weighted by Gasteiger charge is -2.10. The average Bonchev–Trinajstić information content (AvgIpc) is 3.28. The largest absolute Gasteiger partial charge is 0.371 e. The molecule has 0 unspecified atom stereocenters. The lowest BCUT2D eigenvalue weighted by Crippen LogP contribution is -2.30. The van der Waals surface area contributed by atoms with E-state index < -0.39 is 0 Å². The van der Waals surface area contributed by atoms with E-state index >= 15 is 0 Å². The molecule has 0 saturated heterocycles. The van der Waals surface area contributed by atoms with Gasteiger partial charge in [-0.2, -0.15) is 15.1 Å². The molecule has 5 rings (SSSR count). The SMILES string of the molecule is CNc1nc(Nc2cccc(-c3ncn(C(C)C)n3)c2)nc2c1ncn2C(=O)NC1CC1. The van der Waals surface area contributed by atoms with E-state index in [1.807, 2.05) is 28.9 Å². The summed E-state index contributed by atoms with van der Waals surface area (Å²) < 4.78 is 3.24. The van der Waals surface area contributed by atoms with Crippen LogP contribution in [0.4, 0.5) is 22.2 Å². The van der Waals surface area contributed by atoms with E-state index in [2.05, 4.69) is 54.8 Å². The third-order valence-electron chi connectivity index (χ3n) is 5.17. The van der Waals surface area contributed by atoms with Crippen molar-refractivity contribution in [3.8, 4) is 11.4 Å². The summed E-state index contributed by atoms with van der Waals surface area (Å²) in [5.41, 5.74) is 2.61. The van der Waals surface area contributed by atoms with E-state index in [9.17, 15) is 4.79 Å². The number of nitrogens with one attached hydrogen (secondary N) is 3. The van der Waals surface area contributed by atoms with Gasteiger partial charge in [-0.05, 0) is 38.8 Å². The van der Waals surface area contributed by atoms with Crippen molar-refractivity contribution in [2.24, 2.45) is 0 Å². The molecule has 164 valence electrons. The number of carbonyl (C=O) groups excluding carboxylic acids is 1. The summed E-state index contributed by atoms with van der Waals surface area (Å²) >= 11 is 0. The molecule has 3 heterocycles. The number of aromatic nitrogens is 7. The molecule has 11 nitrogen and oxygen atoms in total. The molecule has 0 aliphatic heterocycles. The van der Waals surface area contributed by atoms with Crippen LogP contribution in [0, 0.1) is 0 Å². The maximum absolute atomic E-state index is 12.6. The molecule has 0 radical (unpaired) electrons. The molecule has 1 fully saturated rings. The van der Waals surface area contributed by atoms with Crippen molar-refractivity contribution in [1.82, 2.24) is 39.6 Å². The molecule has 0 bridgehead atoms. The average molecular weight is 432 g/mol. The Hall–Kier alpha value is -4.02. The smallest absolute Gasteiger partial charge is 0.328 e. The summed E-state index contributed by atoms with van der Waals surface area (Å²) in [6.07, 6.45) is 5.20. The fourth-order valence-electron chi connectivity index (χ4n) is 3.27. The highest BCUT2D eigenvalue weighted by atomic mass is 16.2. The van der Waals surface area contributed by atoms with E-state index in [0.717, 1.165) is 24.1 Å². The van der Waals surface area contributed by atoms with Gasteiger partial charge in [0, 0.05) is 30.4 Å². The van der Waals surface area contributed by atoms with E-state index in [-0.39, 0.29) is 18.1 Å². The van der Waals surface area contributed by atoms with Crippen molar-refractivity contribution in [1.29, 1.82) is 0 Å². The Morgan fingerprint density at radius 2 is 2.00 bits per heavy atom. The van der Waals surface area contributed by atoms with Crippen molar-refractivity contribution in [2.75, 3.05) is 17.7 Å². The lowest BCUT2D eigenvalue weighted by atomic mass is 10.2. The van der Waals surface area contributed by atoms with Gasteiger partial charge in [0.2, 0.25) is 5.95 Å². The maximum atomic E-state index is 12.6. The van der Waals surface area contributed by atoms with Crippen LogP contribution in [-0.2, 0) is 0 Å². The Labute approximate surface area is 184 Å². The van der Waals surface area contributed by atoms with Gasteiger partial charge in [-0.1, -0.05) is 12.1 Å². The van der Waals surface area contributed by atoms with Gasteiger partial charge in [0.1, 0.15) is 12.7 Å². The summed E-state index contributed by atoms with van der Waals surface area (Å²) in [6, 6.07) is 7.94. The maximum Gasteiger partial charge on any atom is 0.328 e. The third kappa shape index (κ3) is 3.84. The number of hydrogen-bond acceptors (Lipinski definition) is 8. The van der Waals surface area contributed by atoms with Gasteiger partial charge in [0.05, 0.1) is 0 Å². The number of rotatable bonds is 6. The van der Waals surface area contributed by atoms with Crippen LogP contribution in [-0.4, -0.2) is 53.4 Å². The minimum atomic E-state index is -0.240. The molecule has 3 N–H and O–H groups in total. The summed E-state index contributed by atoms with van der Waals surface area (Å²) in [4.78, 5) is 30.4. The van der Waals surface area contributed by atoms with Gasteiger partial charge in [0.25, 0.3) is 0 Å². The molecule has 11 heteroatoms. The van der Waals surface area contributed by atoms with Crippen LogP contribution in [0.3, 0.4) is 0 Å². The molecule has 1 aromatic carbocycles. The molecule has 32 heavy (non-hydrogen) atoms. The van der Waals surface area contributed by atoms with Gasteiger partial charge < -0.3 is 16.0 Å². The Morgan fingerprint density at radius 1 is 1.16 bits per heavy atom. The number of benzene rings is 1. The fraction of sp³-hybridized carbons (Fsp3) is 0.333. The molecule has 3 aromatic heterocycles. The monoisotopic (exact) mass is 432 g/mol. The van der Waals surface area contributed by atoms with Crippen LogP contribution in [0.2, 0.25) is 0 Å². The Balaban J connectivity index is 1.46. The van der Waals surface area contributed by atoms with Crippen molar-refractivity contribution < 1.29 is 4.79 Å². The van der Waals surface area contributed by atoms with Crippen LogP contribution in [0.15, 0.2) is 36.9 Å². The Bertz CT molecular complexity index is 1290. The van der Waals surface area contributed by atoms with Crippen molar-refractivity contribution in [3.05, 3.63) is 36.9 Å². The zero-order chi connectivity index (χ0) is 22.2. The number of nitrogens with zero attached hydrogens (tertiary/aromatic N) is 7. The first-order valence-electron chi connectivity index (χ1n) is 10.5. The van der Waals surface area contributed by atoms with Crippen molar-refractivity contribution in [2.45, 2.75) is 38.8 Å². The predicted molar refractivity (Wildman–Crippen MR) is 121 cm³/mol. The second kappa shape index (κ2) is 7.91. The Morgan fingerprint density at radius 3 is 2.72 bits per heavy atom. The molecular weight excluding hydrogens is 408 g/mol. The second-order valence-electron chi connectivity index (χ2n) is 8.00. The van der Waals surface area contributed by atoms with Crippen LogP contribution < -0.4 is 16.0 Å². The van der Waals surface area contributed by atoms with Gasteiger partial charge >= 0.3 is 6.03 Å². The summed E-state index contributed by atoms with van der Waals surface area (Å²) in [7, 11) is 1.76. The molecule has 0 atom stereocenters. The van der Waals surface area contributed by atoms with Gasteiger partial charge in [-0.25, -0.2) is 24.0 Å². The normalized spacial score (nSPS) is 13.5. The Kier molecular flexibility index (Phi) is 4.92. The lowest BCUT2D eigenvalue weighted by molar-refractivity contribution is 0.242. The molecular formula is C21H24N10O. The number of fused-ring (bicyclic) bond motifs is 1. The minimum absolute atomic E-state index is 0.235. The number of hydrogen-bond donors (Lipinski definition) is 3. The van der Waals surface area contributed by atoms with Crippen LogP contribution >= 0.6 is 0 Å². The first-order valence-corrected chi connectivity index (χ1v) is 10.5. The molecule has 1 aliphatic rings. The topological polar surface area (TPSA) is 127 Å². The van der Waals surface area contributed by atoms with Crippen LogP contribution in [0.5, 0.6) is 0 Å². The number of anilines is 3. The molecule has 4 aromatic rings. The summed E-state index contributed by atoms with van der Waals surface area (Å²) in [5.74, 6) is 1.52. The van der Waals surface area contributed by atoms with Gasteiger partial charge in [-0.3, -0.25) is 0 Å². The molecule has 1 saturated carbocycles. The van der Waals surface area contributed by atoms with Crippen molar-refractivity contribution in [3.63, 3.8) is 0 Å². The second-order valence-corrected chi connectivity index (χ2v) is 8.00. The number of amides is 1. The van der Waals surface area contributed by atoms with Gasteiger partial charge in [0.15, 0.2) is 22.8 Å². The first kappa shape index (κ1) is 19.9. The van der Waals surface area contributed by atoms with Crippen LogP contribution in [0.25, 0.3) is 22.6 Å². The fourth-order valence-corrected chi connectivity index (χ4v) is 3.27. The van der Waals surface area contributed by atoms with Crippen LogP contribution in [0.1, 0.15) is 32.7 Å². The number of imidazole rings is 1. The minimum Gasteiger partial charge on any atom is -0.371 e. The highest BCUT2D eigenvalue weighted by molar-refractivity contribution is 5.92. The summed E-state index contributed by atoms with van der Waals surface area (Å²) in [5, 5.41) is 13.7. The standard InChI is InChI=1S/C21H24N10O/c1-12(2)31-11-24-17(29-31)13-5-4-6-15(9-13)25-20-27-18(22-3)16-19(28-20)30(10-23-16)21(32)26-14-7-8-14/h4-6,9-12,14H,7-8H2,1-3H3,(H,26,32)(H2,22,25,27,28). The molecule has 0 spiro atoms. The van der Waals surface area contributed by atoms with E-state index in [0.29, 0.717) is 28.8 Å². The quantitative estimate of drug-likeness (QED) is 0.424.